The van der Waals surface area contributed by atoms with E-state index in [9.17, 15) is 0 Å². The van der Waals surface area contributed by atoms with Crippen molar-refractivity contribution in [3.8, 4) is 11.1 Å². The monoisotopic (exact) mass is 326 g/mol. The lowest BCUT2D eigenvalue weighted by molar-refractivity contribution is 0.778. The molecule has 2 nitrogen and oxygen atoms in total. The molecule has 3 aromatic carbocycles. The first-order valence-corrected chi connectivity index (χ1v) is 8.78. The summed E-state index contributed by atoms with van der Waals surface area (Å²) in [5.41, 5.74) is 13.4. The van der Waals surface area contributed by atoms with Crippen molar-refractivity contribution in [2.24, 2.45) is 0 Å². The van der Waals surface area contributed by atoms with E-state index in [0.29, 0.717) is 0 Å². The molecule has 25 heavy (non-hydrogen) atoms. The Morgan fingerprint density at radius 2 is 1.52 bits per heavy atom. The number of rotatable bonds is 4. The van der Waals surface area contributed by atoms with Crippen molar-refractivity contribution >= 4 is 16.6 Å². The van der Waals surface area contributed by atoms with Gasteiger partial charge in [0.25, 0.3) is 0 Å². The molecule has 4 aromatic rings. The molecular formula is C23H22N2. The molecule has 0 unspecified atom stereocenters. The van der Waals surface area contributed by atoms with Crippen LogP contribution in [-0.4, -0.2) is 4.57 Å². The van der Waals surface area contributed by atoms with Gasteiger partial charge in [0.2, 0.25) is 0 Å². The molecule has 0 saturated carbocycles. The first-order valence-electron chi connectivity index (χ1n) is 8.78. The number of hydrogen-bond donors (Lipinski definition) is 1. The third-order valence-electron chi connectivity index (χ3n) is 4.78. The molecule has 0 spiro atoms. The summed E-state index contributed by atoms with van der Waals surface area (Å²) < 4.78 is 2.44. The topological polar surface area (TPSA) is 30.9 Å². The SMILES string of the molecule is CCc1c(-c2ccccc2)c2cc(N)ccc2n1Cc1ccccc1. The normalized spacial score (nSPS) is 11.1. The highest BCUT2D eigenvalue weighted by Crippen LogP contribution is 2.36. The van der Waals surface area contributed by atoms with E-state index in [-0.39, 0.29) is 0 Å². The van der Waals surface area contributed by atoms with Crippen LogP contribution >= 0.6 is 0 Å². The quantitative estimate of drug-likeness (QED) is 0.493. The van der Waals surface area contributed by atoms with Gasteiger partial charge in [-0.15, -0.1) is 0 Å². The highest BCUT2D eigenvalue weighted by Gasteiger charge is 2.17. The number of aromatic nitrogens is 1. The highest BCUT2D eigenvalue weighted by atomic mass is 15.0. The molecule has 0 bridgehead atoms. The number of benzene rings is 3. The Balaban J connectivity index is 1.99. The maximum atomic E-state index is 6.11. The summed E-state index contributed by atoms with van der Waals surface area (Å²) in [6, 6.07) is 27.5. The van der Waals surface area contributed by atoms with Crippen molar-refractivity contribution in [3.63, 3.8) is 0 Å². The van der Waals surface area contributed by atoms with Gasteiger partial charge in [-0.2, -0.15) is 0 Å². The van der Waals surface area contributed by atoms with Gasteiger partial charge in [-0.05, 0) is 35.7 Å². The Kier molecular flexibility index (Phi) is 4.02. The van der Waals surface area contributed by atoms with Gasteiger partial charge in [-0.1, -0.05) is 67.6 Å². The standard InChI is InChI=1S/C23H22N2/c1-2-21-23(18-11-7-4-8-12-18)20-15-19(24)13-14-22(20)25(21)16-17-9-5-3-6-10-17/h3-15H,2,16,24H2,1H3. The molecule has 0 saturated heterocycles. The van der Waals surface area contributed by atoms with Crippen molar-refractivity contribution in [2.75, 3.05) is 5.73 Å². The molecule has 0 aliphatic rings. The van der Waals surface area contributed by atoms with Crippen molar-refractivity contribution in [2.45, 2.75) is 19.9 Å². The second-order valence-electron chi connectivity index (χ2n) is 6.39. The van der Waals surface area contributed by atoms with Crippen molar-refractivity contribution in [3.05, 3.63) is 90.1 Å². The summed E-state index contributed by atoms with van der Waals surface area (Å²) in [7, 11) is 0. The van der Waals surface area contributed by atoms with Gasteiger partial charge >= 0.3 is 0 Å². The molecule has 4 rings (SSSR count). The second-order valence-corrected chi connectivity index (χ2v) is 6.39. The van der Waals surface area contributed by atoms with Crippen LogP contribution in [-0.2, 0) is 13.0 Å². The van der Waals surface area contributed by atoms with Crippen LogP contribution in [0.25, 0.3) is 22.0 Å². The highest BCUT2D eigenvalue weighted by molar-refractivity contribution is 5.99. The van der Waals surface area contributed by atoms with Crippen molar-refractivity contribution in [1.82, 2.24) is 4.57 Å². The predicted molar refractivity (Wildman–Crippen MR) is 107 cm³/mol. The van der Waals surface area contributed by atoms with Crippen LogP contribution in [0.4, 0.5) is 5.69 Å². The summed E-state index contributed by atoms with van der Waals surface area (Å²) >= 11 is 0. The first kappa shape index (κ1) is 15.5. The average Bonchev–Trinajstić information content (AvgIpc) is 2.96. The summed E-state index contributed by atoms with van der Waals surface area (Å²) in [4.78, 5) is 0. The number of fused-ring (bicyclic) bond motifs is 1. The third kappa shape index (κ3) is 2.80. The number of nitrogen functional groups attached to an aromatic ring is 1. The molecule has 124 valence electrons. The zero-order valence-electron chi connectivity index (χ0n) is 14.4. The molecule has 0 aliphatic heterocycles. The van der Waals surface area contributed by atoms with E-state index in [1.807, 2.05) is 6.07 Å². The lowest BCUT2D eigenvalue weighted by atomic mass is 10.0. The summed E-state index contributed by atoms with van der Waals surface area (Å²) in [5, 5.41) is 1.24. The number of hydrogen-bond acceptors (Lipinski definition) is 1. The van der Waals surface area contributed by atoms with Gasteiger partial charge in [0.05, 0.1) is 0 Å². The first-order chi connectivity index (χ1) is 12.3. The summed E-state index contributed by atoms with van der Waals surface area (Å²) in [5.74, 6) is 0. The van der Waals surface area contributed by atoms with Gasteiger partial charge < -0.3 is 10.3 Å². The van der Waals surface area contributed by atoms with Crippen molar-refractivity contribution in [1.29, 1.82) is 0 Å². The van der Waals surface area contributed by atoms with Gasteiger partial charge in [-0.3, -0.25) is 0 Å². The smallest absolute Gasteiger partial charge is 0.0493 e. The molecule has 1 heterocycles. The van der Waals surface area contributed by atoms with Gasteiger partial charge in [0, 0.05) is 34.4 Å². The van der Waals surface area contributed by atoms with Gasteiger partial charge in [-0.25, -0.2) is 0 Å². The van der Waals surface area contributed by atoms with Crippen LogP contribution in [0.1, 0.15) is 18.2 Å². The van der Waals surface area contributed by atoms with Crippen LogP contribution in [0.2, 0.25) is 0 Å². The van der Waals surface area contributed by atoms with E-state index in [0.717, 1.165) is 18.7 Å². The molecule has 0 radical (unpaired) electrons. The van der Waals surface area contributed by atoms with E-state index in [4.69, 9.17) is 5.73 Å². The molecule has 0 atom stereocenters. The van der Waals surface area contributed by atoms with Crippen LogP contribution in [0.15, 0.2) is 78.9 Å². The van der Waals surface area contributed by atoms with E-state index >= 15 is 0 Å². The third-order valence-corrected chi connectivity index (χ3v) is 4.78. The van der Waals surface area contributed by atoms with Crippen LogP contribution in [0, 0.1) is 0 Å². The lowest BCUT2D eigenvalue weighted by Gasteiger charge is -2.11. The predicted octanol–water partition coefficient (Wildman–Crippen LogP) is 5.50. The van der Waals surface area contributed by atoms with Crippen LogP contribution < -0.4 is 5.73 Å². The maximum Gasteiger partial charge on any atom is 0.0493 e. The molecule has 2 heteroatoms. The van der Waals surface area contributed by atoms with Crippen molar-refractivity contribution < 1.29 is 0 Å². The zero-order chi connectivity index (χ0) is 17.2. The maximum absolute atomic E-state index is 6.11. The molecule has 0 amide bonds. The molecule has 2 N–H and O–H groups in total. The number of anilines is 1. The molecule has 0 aliphatic carbocycles. The minimum absolute atomic E-state index is 0.809. The number of nitrogens with zero attached hydrogens (tertiary/aromatic N) is 1. The van der Waals surface area contributed by atoms with E-state index in [2.05, 4.69) is 84.3 Å². The summed E-state index contributed by atoms with van der Waals surface area (Å²) in [6.45, 7) is 3.10. The summed E-state index contributed by atoms with van der Waals surface area (Å²) in [6.07, 6.45) is 0.978. The zero-order valence-corrected chi connectivity index (χ0v) is 14.4. The van der Waals surface area contributed by atoms with Crippen LogP contribution in [0.5, 0.6) is 0 Å². The molecule has 1 aromatic heterocycles. The minimum Gasteiger partial charge on any atom is -0.399 e. The Hall–Kier alpha value is -3.00. The second kappa shape index (κ2) is 6.48. The molecule has 0 fully saturated rings. The molecular weight excluding hydrogens is 304 g/mol. The Bertz CT molecular complexity index is 999. The average molecular weight is 326 g/mol. The largest absolute Gasteiger partial charge is 0.399 e. The fourth-order valence-electron chi connectivity index (χ4n) is 3.67. The lowest BCUT2D eigenvalue weighted by Crippen LogP contribution is -2.04. The Morgan fingerprint density at radius 1 is 0.840 bits per heavy atom. The van der Waals surface area contributed by atoms with E-state index in [1.54, 1.807) is 0 Å². The fraction of sp³-hybridized carbons (Fsp3) is 0.130. The fourth-order valence-corrected chi connectivity index (χ4v) is 3.67. The van der Waals surface area contributed by atoms with Gasteiger partial charge in [0.1, 0.15) is 0 Å². The minimum atomic E-state index is 0.809. The van der Waals surface area contributed by atoms with E-state index < -0.39 is 0 Å². The number of nitrogens with two attached hydrogens (primary N) is 1. The Morgan fingerprint density at radius 3 is 2.20 bits per heavy atom. The van der Waals surface area contributed by atoms with E-state index in [1.165, 1.54) is 33.3 Å². The van der Waals surface area contributed by atoms with Crippen LogP contribution in [0.3, 0.4) is 0 Å². The Labute approximate surface area is 148 Å². The van der Waals surface area contributed by atoms with Gasteiger partial charge in [0.15, 0.2) is 0 Å².